The second kappa shape index (κ2) is 7.95. The van der Waals surface area contributed by atoms with Gasteiger partial charge in [0.15, 0.2) is 0 Å². The van der Waals surface area contributed by atoms with E-state index < -0.39 is 5.97 Å². The summed E-state index contributed by atoms with van der Waals surface area (Å²) in [6.07, 6.45) is 3.20. The van der Waals surface area contributed by atoms with Crippen molar-refractivity contribution in [1.82, 2.24) is 14.9 Å². The van der Waals surface area contributed by atoms with Gasteiger partial charge in [-0.25, -0.2) is 9.78 Å². The Morgan fingerprint density at radius 1 is 1.08 bits per heavy atom. The summed E-state index contributed by atoms with van der Waals surface area (Å²) in [5, 5.41) is 0. The van der Waals surface area contributed by atoms with Gasteiger partial charge in [-0.1, -0.05) is 0 Å². The molecule has 2 heterocycles. The zero-order valence-electron chi connectivity index (χ0n) is 14.8. The summed E-state index contributed by atoms with van der Waals surface area (Å²) in [5.74, 6) is 0.783. The highest BCUT2D eigenvalue weighted by Gasteiger charge is 2.25. The van der Waals surface area contributed by atoms with Crippen LogP contribution in [0.25, 0.3) is 0 Å². The molecule has 1 amide bonds. The molecule has 0 N–H and O–H groups in total. The van der Waals surface area contributed by atoms with E-state index in [1.54, 1.807) is 41.4 Å². The number of aromatic nitrogens is 2. The largest absolute Gasteiger partial charge is 0.474 e. The van der Waals surface area contributed by atoms with Crippen molar-refractivity contribution in [3.8, 4) is 5.88 Å². The molecule has 1 aliphatic rings. The lowest BCUT2D eigenvalue weighted by Crippen LogP contribution is -2.41. The average Bonchev–Trinajstić information content (AvgIpc) is 2.67. The van der Waals surface area contributed by atoms with Crippen molar-refractivity contribution in [2.24, 2.45) is 0 Å². The lowest BCUT2D eigenvalue weighted by Gasteiger charge is -2.32. The molecule has 0 unspecified atom stereocenters. The first-order valence-corrected chi connectivity index (χ1v) is 8.51. The van der Waals surface area contributed by atoms with Gasteiger partial charge in [-0.2, -0.15) is 4.98 Å². The molecule has 0 atom stereocenters. The van der Waals surface area contributed by atoms with E-state index in [-0.39, 0.29) is 12.0 Å². The molecule has 136 valence electrons. The molecule has 1 aromatic heterocycles. The van der Waals surface area contributed by atoms with E-state index in [1.807, 2.05) is 6.92 Å². The minimum absolute atomic E-state index is 0.0371. The molecule has 26 heavy (non-hydrogen) atoms. The highest BCUT2D eigenvalue weighted by atomic mass is 16.5. The Kier molecular flexibility index (Phi) is 5.46. The summed E-state index contributed by atoms with van der Waals surface area (Å²) < 4.78 is 10.5. The molecule has 1 aromatic carbocycles. The fourth-order valence-electron chi connectivity index (χ4n) is 2.90. The predicted molar refractivity (Wildman–Crippen MR) is 94.1 cm³/mol. The molecule has 2 aromatic rings. The fourth-order valence-corrected chi connectivity index (χ4v) is 2.90. The number of esters is 1. The van der Waals surface area contributed by atoms with Crippen LogP contribution in [0.15, 0.2) is 36.5 Å². The number of ether oxygens (including phenoxy) is 2. The van der Waals surface area contributed by atoms with Crippen molar-refractivity contribution in [2.45, 2.75) is 25.9 Å². The van der Waals surface area contributed by atoms with Gasteiger partial charge >= 0.3 is 5.97 Å². The molecule has 0 bridgehead atoms. The number of piperidine rings is 1. The Balaban J connectivity index is 1.55. The molecular formula is C19H21N3O4. The summed E-state index contributed by atoms with van der Waals surface area (Å²) in [4.78, 5) is 34.2. The van der Waals surface area contributed by atoms with E-state index >= 15 is 0 Å². The van der Waals surface area contributed by atoms with Gasteiger partial charge in [-0.05, 0) is 31.2 Å². The third-order valence-corrected chi connectivity index (χ3v) is 4.32. The molecule has 0 spiro atoms. The fraction of sp³-hybridized carbons (Fsp3) is 0.368. The number of nitrogens with zero attached hydrogens (tertiary/aromatic N) is 3. The Morgan fingerprint density at radius 3 is 2.35 bits per heavy atom. The van der Waals surface area contributed by atoms with Crippen molar-refractivity contribution in [2.75, 3.05) is 20.2 Å². The van der Waals surface area contributed by atoms with Gasteiger partial charge in [0.05, 0.1) is 12.7 Å². The molecule has 0 saturated carbocycles. The van der Waals surface area contributed by atoms with Crippen molar-refractivity contribution >= 4 is 11.9 Å². The number of amides is 1. The molecule has 0 radical (unpaired) electrons. The van der Waals surface area contributed by atoms with Gasteiger partial charge in [-0.3, -0.25) is 4.79 Å². The minimum atomic E-state index is -0.415. The third kappa shape index (κ3) is 4.17. The van der Waals surface area contributed by atoms with Crippen molar-refractivity contribution < 1.29 is 19.1 Å². The summed E-state index contributed by atoms with van der Waals surface area (Å²) >= 11 is 0. The molecule has 1 fully saturated rings. The zero-order chi connectivity index (χ0) is 18.5. The maximum atomic E-state index is 12.6. The highest BCUT2D eigenvalue weighted by molar-refractivity contribution is 5.96. The Hall–Kier alpha value is -2.96. The molecule has 1 saturated heterocycles. The number of hydrogen-bond donors (Lipinski definition) is 0. The van der Waals surface area contributed by atoms with Crippen LogP contribution in [-0.2, 0) is 4.74 Å². The quantitative estimate of drug-likeness (QED) is 0.783. The number of rotatable bonds is 4. The van der Waals surface area contributed by atoms with Crippen LogP contribution in [-0.4, -0.2) is 53.0 Å². The van der Waals surface area contributed by atoms with Crippen LogP contribution < -0.4 is 4.74 Å². The normalized spacial score (nSPS) is 14.8. The number of likely N-dealkylation sites (tertiary alicyclic amines) is 1. The van der Waals surface area contributed by atoms with Gasteiger partial charge in [-0.15, -0.1) is 0 Å². The van der Waals surface area contributed by atoms with Crippen LogP contribution in [0.2, 0.25) is 0 Å². The highest BCUT2D eigenvalue weighted by Crippen LogP contribution is 2.19. The second-order valence-electron chi connectivity index (χ2n) is 6.12. The monoisotopic (exact) mass is 355 g/mol. The SMILES string of the molecule is COC(=O)c1ccc(C(=O)N2CCC(Oc3ccnc(C)n3)CC2)cc1. The first-order valence-electron chi connectivity index (χ1n) is 8.51. The lowest BCUT2D eigenvalue weighted by molar-refractivity contribution is 0.0579. The summed E-state index contributed by atoms with van der Waals surface area (Å²) in [6.45, 7) is 3.05. The molecule has 0 aliphatic carbocycles. The first-order chi connectivity index (χ1) is 12.6. The van der Waals surface area contributed by atoms with E-state index in [4.69, 9.17) is 4.74 Å². The third-order valence-electron chi connectivity index (χ3n) is 4.32. The van der Waals surface area contributed by atoms with Crippen LogP contribution in [0.1, 0.15) is 39.4 Å². The Bertz CT molecular complexity index is 784. The predicted octanol–water partition coefficient (Wildman–Crippen LogP) is 2.26. The maximum absolute atomic E-state index is 12.6. The van der Waals surface area contributed by atoms with Crippen molar-refractivity contribution in [3.63, 3.8) is 0 Å². The topological polar surface area (TPSA) is 81.6 Å². The van der Waals surface area contributed by atoms with Crippen LogP contribution in [0.4, 0.5) is 0 Å². The standard InChI is InChI=1S/C19H21N3O4/c1-13-20-10-7-17(21-13)26-16-8-11-22(12-9-16)18(23)14-3-5-15(6-4-14)19(24)25-2/h3-7,10,16H,8-9,11-12H2,1-2H3. The van der Waals surface area contributed by atoms with Crippen LogP contribution in [0, 0.1) is 6.92 Å². The Labute approximate surface area is 152 Å². The Morgan fingerprint density at radius 2 is 1.73 bits per heavy atom. The smallest absolute Gasteiger partial charge is 0.337 e. The van der Waals surface area contributed by atoms with E-state index in [9.17, 15) is 9.59 Å². The summed E-state index contributed by atoms with van der Waals surface area (Å²) in [6, 6.07) is 8.26. The van der Waals surface area contributed by atoms with Crippen LogP contribution in [0.5, 0.6) is 5.88 Å². The van der Waals surface area contributed by atoms with Gasteiger partial charge in [0.2, 0.25) is 5.88 Å². The number of methoxy groups -OCH3 is 1. The van der Waals surface area contributed by atoms with Crippen LogP contribution in [0.3, 0.4) is 0 Å². The van der Waals surface area contributed by atoms with Gasteiger partial charge in [0.25, 0.3) is 5.91 Å². The number of hydrogen-bond acceptors (Lipinski definition) is 6. The molecule has 1 aliphatic heterocycles. The number of aryl methyl sites for hydroxylation is 1. The van der Waals surface area contributed by atoms with Crippen molar-refractivity contribution in [1.29, 1.82) is 0 Å². The lowest BCUT2D eigenvalue weighted by atomic mass is 10.1. The van der Waals surface area contributed by atoms with Gasteiger partial charge in [0, 0.05) is 43.8 Å². The summed E-state index contributed by atoms with van der Waals surface area (Å²) in [7, 11) is 1.33. The number of carbonyl (C=O) groups excluding carboxylic acids is 2. The van der Waals surface area contributed by atoms with E-state index in [0.29, 0.717) is 35.9 Å². The van der Waals surface area contributed by atoms with Gasteiger partial charge in [0.1, 0.15) is 11.9 Å². The van der Waals surface area contributed by atoms with Crippen molar-refractivity contribution in [3.05, 3.63) is 53.5 Å². The molecule has 7 nitrogen and oxygen atoms in total. The van der Waals surface area contributed by atoms with Crippen LogP contribution >= 0.6 is 0 Å². The maximum Gasteiger partial charge on any atom is 0.337 e. The summed E-state index contributed by atoms with van der Waals surface area (Å²) in [5.41, 5.74) is 0.986. The molecule has 3 rings (SSSR count). The van der Waals surface area contributed by atoms with E-state index in [2.05, 4.69) is 14.7 Å². The van der Waals surface area contributed by atoms with E-state index in [0.717, 1.165) is 12.8 Å². The number of carbonyl (C=O) groups is 2. The van der Waals surface area contributed by atoms with E-state index in [1.165, 1.54) is 7.11 Å². The first kappa shape index (κ1) is 17.8. The average molecular weight is 355 g/mol. The zero-order valence-corrected chi connectivity index (χ0v) is 14.8. The number of benzene rings is 1. The molecular weight excluding hydrogens is 334 g/mol. The minimum Gasteiger partial charge on any atom is -0.474 e. The molecule has 7 heteroatoms. The second-order valence-corrected chi connectivity index (χ2v) is 6.12. The van der Waals surface area contributed by atoms with Gasteiger partial charge < -0.3 is 14.4 Å².